The zero-order chi connectivity index (χ0) is 13.6. The Morgan fingerprint density at radius 3 is 2.89 bits per heavy atom. The molecule has 1 aromatic heterocycles. The van der Waals surface area contributed by atoms with E-state index < -0.39 is 19.1 Å². The summed E-state index contributed by atoms with van der Waals surface area (Å²) >= 11 is 0. The molecule has 100 valence electrons. The van der Waals surface area contributed by atoms with E-state index in [9.17, 15) is 8.78 Å². The molecule has 0 unspecified atom stereocenters. The van der Waals surface area contributed by atoms with Crippen LogP contribution in [0.1, 0.15) is 11.3 Å². The van der Waals surface area contributed by atoms with Crippen LogP contribution in [0.2, 0.25) is 0 Å². The van der Waals surface area contributed by atoms with Gasteiger partial charge in [0.1, 0.15) is 12.3 Å². The molecular formula is C10H14F2N4O2. The molecule has 0 aliphatic heterocycles. The Bertz CT molecular complexity index is 426. The SMILES string of the molecule is N/C(=N/O)c1ncccc1CNCC(F)(F)CO. The Morgan fingerprint density at radius 1 is 1.56 bits per heavy atom. The number of nitrogens with one attached hydrogen (secondary N) is 1. The number of amidine groups is 1. The zero-order valence-electron chi connectivity index (χ0n) is 9.48. The molecule has 0 bridgehead atoms. The van der Waals surface area contributed by atoms with Gasteiger partial charge in [-0.2, -0.15) is 0 Å². The molecule has 8 heteroatoms. The van der Waals surface area contributed by atoms with E-state index in [4.69, 9.17) is 16.0 Å². The maximum atomic E-state index is 12.8. The van der Waals surface area contributed by atoms with E-state index in [0.29, 0.717) is 5.56 Å². The highest BCUT2D eigenvalue weighted by Crippen LogP contribution is 2.11. The number of halogens is 2. The third-order valence-electron chi connectivity index (χ3n) is 2.17. The van der Waals surface area contributed by atoms with Gasteiger partial charge in [0.05, 0.1) is 6.54 Å². The first-order chi connectivity index (χ1) is 8.50. The second kappa shape index (κ2) is 6.22. The lowest BCUT2D eigenvalue weighted by molar-refractivity contribution is -0.0477. The summed E-state index contributed by atoms with van der Waals surface area (Å²) in [6.07, 6.45) is 1.44. The van der Waals surface area contributed by atoms with Gasteiger partial charge in [-0.15, -0.1) is 0 Å². The van der Waals surface area contributed by atoms with Gasteiger partial charge in [-0.3, -0.25) is 4.98 Å². The minimum Gasteiger partial charge on any atom is -0.409 e. The van der Waals surface area contributed by atoms with E-state index in [2.05, 4.69) is 15.5 Å². The van der Waals surface area contributed by atoms with Crippen molar-refractivity contribution in [3.05, 3.63) is 29.6 Å². The van der Waals surface area contributed by atoms with Gasteiger partial charge in [0, 0.05) is 12.7 Å². The second-order valence-electron chi connectivity index (χ2n) is 3.61. The molecule has 0 amide bonds. The minimum absolute atomic E-state index is 0.0645. The smallest absolute Gasteiger partial charge is 0.282 e. The third-order valence-corrected chi connectivity index (χ3v) is 2.17. The average Bonchev–Trinajstić information content (AvgIpc) is 2.38. The van der Waals surface area contributed by atoms with Gasteiger partial charge < -0.3 is 21.4 Å². The van der Waals surface area contributed by atoms with E-state index in [0.717, 1.165) is 0 Å². The summed E-state index contributed by atoms with van der Waals surface area (Å²) in [7, 11) is 0. The summed E-state index contributed by atoms with van der Waals surface area (Å²) < 4.78 is 25.5. The lowest BCUT2D eigenvalue weighted by atomic mass is 10.1. The highest BCUT2D eigenvalue weighted by Gasteiger charge is 2.26. The van der Waals surface area contributed by atoms with Gasteiger partial charge in [0.2, 0.25) is 0 Å². The fourth-order valence-electron chi connectivity index (χ4n) is 1.30. The first-order valence-corrected chi connectivity index (χ1v) is 5.11. The third kappa shape index (κ3) is 3.90. The van der Waals surface area contributed by atoms with E-state index >= 15 is 0 Å². The highest BCUT2D eigenvalue weighted by atomic mass is 19.3. The fraction of sp³-hybridized carbons (Fsp3) is 0.400. The van der Waals surface area contributed by atoms with Crippen LogP contribution in [0.25, 0.3) is 0 Å². The van der Waals surface area contributed by atoms with Gasteiger partial charge >= 0.3 is 0 Å². The standard InChI is InChI=1S/C10H14F2N4O2/c11-10(12,6-17)5-14-4-7-2-1-3-15-8(7)9(13)16-18/h1-3,14,17-18H,4-6H2,(H2,13,16). The summed E-state index contributed by atoms with van der Waals surface area (Å²) in [5, 5.41) is 22.2. The highest BCUT2D eigenvalue weighted by molar-refractivity contribution is 5.96. The van der Waals surface area contributed by atoms with Crippen LogP contribution in [-0.4, -0.2) is 40.2 Å². The van der Waals surface area contributed by atoms with Crippen LogP contribution < -0.4 is 11.1 Å². The molecule has 18 heavy (non-hydrogen) atoms. The van der Waals surface area contributed by atoms with Gasteiger partial charge in [-0.25, -0.2) is 8.78 Å². The Hall–Kier alpha value is -1.80. The van der Waals surface area contributed by atoms with Crippen molar-refractivity contribution in [2.45, 2.75) is 12.5 Å². The Balaban J connectivity index is 2.68. The monoisotopic (exact) mass is 260 g/mol. The quantitative estimate of drug-likeness (QED) is 0.247. The van der Waals surface area contributed by atoms with Crippen LogP contribution >= 0.6 is 0 Å². The normalized spacial score (nSPS) is 12.7. The van der Waals surface area contributed by atoms with Crippen molar-refractivity contribution in [1.82, 2.24) is 10.3 Å². The number of rotatable bonds is 6. The van der Waals surface area contributed by atoms with E-state index in [1.807, 2.05) is 0 Å². The van der Waals surface area contributed by atoms with Crippen LogP contribution in [0.5, 0.6) is 0 Å². The fourth-order valence-corrected chi connectivity index (χ4v) is 1.30. The number of nitrogens with zero attached hydrogens (tertiary/aromatic N) is 2. The van der Waals surface area contributed by atoms with E-state index in [1.165, 1.54) is 6.20 Å². The number of oxime groups is 1. The molecule has 5 N–H and O–H groups in total. The molecule has 1 heterocycles. The number of hydrogen-bond acceptors (Lipinski definition) is 5. The molecule has 6 nitrogen and oxygen atoms in total. The molecular weight excluding hydrogens is 246 g/mol. The number of aromatic nitrogens is 1. The Labute approximate surface area is 102 Å². The predicted molar refractivity (Wildman–Crippen MR) is 60.5 cm³/mol. The first-order valence-electron chi connectivity index (χ1n) is 5.11. The number of aliphatic hydroxyl groups excluding tert-OH is 1. The van der Waals surface area contributed by atoms with Gasteiger partial charge in [0.25, 0.3) is 5.92 Å². The molecule has 0 aliphatic carbocycles. The zero-order valence-corrected chi connectivity index (χ0v) is 9.48. The van der Waals surface area contributed by atoms with E-state index in [1.54, 1.807) is 12.1 Å². The lowest BCUT2D eigenvalue weighted by Gasteiger charge is -2.14. The largest absolute Gasteiger partial charge is 0.409 e. The summed E-state index contributed by atoms with van der Waals surface area (Å²) in [5.41, 5.74) is 6.14. The number of alkyl halides is 2. The van der Waals surface area contributed by atoms with Crippen molar-refractivity contribution in [3.63, 3.8) is 0 Å². The second-order valence-corrected chi connectivity index (χ2v) is 3.61. The molecule has 0 radical (unpaired) electrons. The van der Waals surface area contributed by atoms with Crippen molar-refractivity contribution < 1.29 is 19.1 Å². The van der Waals surface area contributed by atoms with Crippen LogP contribution in [0.4, 0.5) is 8.78 Å². The van der Waals surface area contributed by atoms with Crippen molar-refractivity contribution in [2.75, 3.05) is 13.2 Å². The molecule has 0 spiro atoms. The van der Waals surface area contributed by atoms with Crippen LogP contribution in [0.3, 0.4) is 0 Å². The molecule has 0 aromatic carbocycles. The molecule has 0 saturated heterocycles. The predicted octanol–water partition coefficient (Wildman–Crippen LogP) is -0.107. The number of pyridine rings is 1. The Morgan fingerprint density at radius 2 is 2.28 bits per heavy atom. The van der Waals surface area contributed by atoms with Crippen molar-refractivity contribution in [2.24, 2.45) is 10.9 Å². The van der Waals surface area contributed by atoms with Crippen molar-refractivity contribution in [3.8, 4) is 0 Å². The molecule has 1 rings (SSSR count). The minimum atomic E-state index is -3.18. The number of aliphatic hydroxyl groups is 1. The maximum absolute atomic E-state index is 12.8. The van der Waals surface area contributed by atoms with Crippen molar-refractivity contribution >= 4 is 5.84 Å². The van der Waals surface area contributed by atoms with Gasteiger partial charge in [-0.05, 0) is 11.6 Å². The van der Waals surface area contributed by atoms with Crippen LogP contribution in [-0.2, 0) is 6.54 Å². The average molecular weight is 260 g/mol. The topological polar surface area (TPSA) is 104 Å². The van der Waals surface area contributed by atoms with E-state index in [-0.39, 0.29) is 18.1 Å². The lowest BCUT2D eigenvalue weighted by Crippen LogP contribution is -2.36. The molecule has 0 fully saturated rings. The van der Waals surface area contributed by atoms with Crippen molar-refractivity contribution in [1.29, 1.82) is 0 Å². The molecule has 1 aromatic rings. The maximum Gasteiger partial charge on any atom is 0.282 e. The first kappa shape index (κ1) is 14.3. The molecule has 0 saturated carbocycles. The molecule has 0 atom stereocenters. The van der Waals surface area contributed by atoms with Gasteiger partial charge in [-0.1, -0.05) is 11.2 Å². The number of hydrogen-bond donors (Lipinski definition) is 4. The summed E-state index contributed by atoms with van der Waals surface area (Å²) in [6.45, 7) is -1.83. The van der Waals surface area contributed by atoms with Crippen LogP contribution in [0, 0.1) is 0 Å². The summed E-state index contributed by atoms with van der Waals surface area (Å²) in [6, 6.07) is 3.22. The summed E-state index contributed by atoms with van der Waals surface area (Å²) in [5.74, 6) is -3.37. The van der Waals surface area contributed by atoms with Gasteiger partial charge in [0.15, 0.2) is 5.84 Å². The number of nitrogens with two attached hydrogens (primary N) is 1. The van der Waals surface area contributed by atoms with Crippen LogP contribution in [0.15, 0.2) is 23.5 Å². The summed E-state index contributed by atoms with van der Waals surface area (Å²) in [4.78, 5) is 3.89. The Kier molecular flexibility index (Phi) is 4.93. The molecule has 0 aliphatic rings.